The third-order valence-electron chi connectivity index (χ3n) is 2.96. The maximum absolute atomic E-state index is 11.9. The highest BCUT2D eigenvalue weighted by molar-refractivity contribution is 7.91. The van der Waals surface area contributed by atoms with Gasteiger partial charge in [-0.2, -0.15) is 0 Å². The zero-order valence-corrected chi connectivity index (χ0v) is 12.1. The van der Waals surface area contributed by atoms with Gasteiger partial charge in [0.1, 0.15) is 0 Å². The van der Waals surface area contributed by atoms with Gasteiger partial charge < -0.3 is 0 Å². The summed E-state index contributed by atoms with van der Waals surface area (Å²) in [5, 5.41) is 0. The van der Waals surface area contributed by atoms with Gasteiger partial charge in [0.15, 0.2) is 9.84 Å². The number of hydrazine groups is 1. The van der Waals surface area contributed by atoms with Gasteiger partial charge in [-0.1, -0.05) is 17.7 Å². The SMILES string of the molecule is Cc1ccc(S(=O)(=O)NNC2CCS(=O)(=O)C2)cc1. The number of sulfone groups is 1. The van der Waals surface area contributed by atoms with Crippen LogP contribution >= 0.6 is 0 Å². The fourth-order valence-corrected chi connectivity index (χ4v) is 4.45. The van der Waals surface area contributed by atoms with E-state index in [-0.39, 0.29) is 22.4 Å². The molecule has 1 aromatic rings. The summed E-state index contributed by atoms with van der Waals surface area (Å²) in [6.45, 7) is 1.87. The first-order valence-corrected chi connectivity index (χ1v) is 9.13. The Morgan fingerprint density at radius 2 is 1.84 bits per heavy atom. The molecule has 0 saturated carbocycles. The molecule has 2 rings (SSSR count). The minimum Gasteiger partial charge on any atom is -0.240 e. The second-order valence-electron chi connectivity index (χ2n) is 4.66. The van der Waals surface area contributed by atoms with Crippen LogP contribution in [0.25, 0.3) is 0 Å². The smallest absolute Gasteiger partial charge is 0.240 e. The van der Waals surface area contributed by atoms with Crippen molar-refractivity contribution < 1.29 is 16.8 Å². The zero-order chi connectivity index (χ0) is 14.1. The van der Waals surface area contributed by atoms with Crippen molar-refractivity contribution in [3.8, 4) is 0 Å². The molecule has 0 aromatic heterocycles. The topological polar surface area (TPSA) is 92.3 Å². The number of hydrogen-bond acceptors (Lipinski definition) is 5. The minimum atomic E-state index is -3.66. The summed E-state index contributed by atoms with van der Waals surface area (Å²) in [6.07, 6.45) is 0.415. The molecule has 0 aliphatic carbocycles. The Bertz CT molecular complexity index is 650. The van der Waals surface area contributed by atoms with Crippen molar-refractivity contribution in [2.24, 2.45) is 0 Å². The number of aryl methyl sites for hydroxylation is 1. The molecule has 1 atom stereocenters. The van der Waals surface area contributed by atoms with Crippen LogP contribution in [0, 0.1) is 6.92 Å². The highest BCUT2D eigenvalue weighted by Gasteiger charge is 2.28. The van der Waals surface area contributed by atoms with E-state index in [9.17, 15) is 16.8 Å². The molecule has 1 saturated heterocycles. The fourth-order valence-electron chi connectivity index (χ4n) is 1.85. The molecule has 0 bridgehead atoms. The first kappa shape index (κ1) is 14.4. The van der Waals surface area contributed by atoms with Crippen molar-refractivity contribution in [2.75, 3.05) is 11.5 Å². The van der Waals surface area contributed by atoms with Gasteiger partial charge in [-0.3, -0.25) is 0 Å². The van der Waals surface area contributed by atoms with Crippen LogP contribution in [0.3, 0.4) is 0 Å². The highest BCUT2D eigenvalue weighted by atomic mass is 32.2. The molecule has 1 aliphatic rings. The van der Waals surface area contributed by atoms with Crippen LogP contribution in [0.2, 0.25) is 0 Å². The second-order valence-corrected chi connectivity index (χ2v) is 8.57. The van der Waals surface area contributed by atoms with Gasteiger partial charge in [-0.15, -0.1) is 4.83 Å². The van der Waals surface area contributed by atoms with Crippen molar-refractivity contribution in [3.05, 3.63) is 29.8 Å². The van der Waals surface area contributed by atoms with E-state index in [1.165, 1.54) is 12.1 Å². The molecule has 1 aromatic carbocycles. The van der Waals surface area contributed by atoms with Crippen molar-refractivity contribution >= 4 is 19.9 Å². The molecule has 0 amide bonds. The molecule has 2 N–H and O–H groups in total. The Labute approximate surface area is 113 Å². The third-order valence-corrected chi connectivity index (χ3v) is 6.01. The van der Waals surface area contributed by atoms with Gasteiger partial charge >= 0.3 is 0 Å². The van der Waals surface area contributed by atoms with E-state index in [0.717, 1.165) is 5.56 Å². The Kier molecular flexibility index (Phi) is 3.95. The summed E-state index contributed by atoms with van der Waals surface area (Å²) in [5.41, 5.74) is 3.54. The lowest BCUT2D eigenvalue weighted by molar-refractivity contribution is 0.506. The highest BCUT2D eigenvalue weighted by Crippen LogP contribution is 2.12. The lowest BCUT2D eigenvalue weighted by Crippen LogP contribution is -2.44. The Hall–Kier alpha value is -0.960. The number of benzene rings is 1. The van der Waals surface area contributed by atoms with E-state index in [4.69, 9.17) is 0 Å². The molecule has 1 aliphatic heterocycles. The van der Waals surface area contributed by atoms with Gasteiger partial charge in [0, 0.05) is 6.04 Å². The Morgan fingerprint density at radius 1 is 1.21 bits per heavy atom. The van der Waals surface area contributed by atoms with Crippen molar-refractivity contribution in [3.63, 3.8) is 0 Å². The van der Waals surface area contributed by atoms with E-state index < -0.39 is 19.9 Å². The van der Waals surface area contributed by atoms with E-state index in [0.29, 0.717) is 6.42 Å². The van der Waals surface area contributed by atoms with Crippen molar-refractivity contribution in [1.82, 2.24) is 10.3 Å². The van der Waals surface area contributed by atoms with Gasteiger partial charge in [0.05, 0.1) is 16.4 Å². The summed E-state index contributed by atoms with van der Waals surface area (Å²) in [5.74, 6) is 0.0559. The zero-order valence-electron chi connectivity index (χ0n) is 10.5. The van der Waals surface area contributed by atoms with Gasteiger partial charge in [0.2, 0.25) is 0 Å². The Morgan fingerprint density at radius 3 is 2.37 bits per heavy atom. The van der Waals surface area contributed by atoms with Crippen LogP contribution in [-0.4, -0.2) is 34.4 Å². The molecule has 0 radical (unpaired) electrons. The van der Waals surface area contributed by atoms with Crippen LogP contribution in [0.4, 0.5) is 0 Å². The molecule has 1 fully saturated rings. The van der Waals surface area contributed by atoms with Gasteiger partial charge in [-0.25, -0.2) is 22.3 Å². The van der Waals surface area contributed by atoms with Crippen molar-refractivity contribution in [1.29, 1.82) is 0 Å². The van der Waals surface area contributed by atoms with E-state index in [1.807, 2.05) is 6.92 Å². The Balaban J connectivity index is 2.01. The molecule has 6 nitrogen and oxygen atoms in total. The van der Waals surface area contributed by atoms with Crippen LogP contribution in [0.5, 0.6) is 0 Å². The monoisotopic (exact) mass is 304 g/mol. The number of hydrogen-bond donors (Lipinski definition) is 2. The standard InChI is InChI=1S/C11H16N2O4S2/c1-9-2-4-11(5-3-9)19(16,17)13-12-10-6-7-18(14,15)8-10/h2-5,10,12-13H,6-8H2,1H3. The maximum Gasteiger partial charge on any atom is 0.253 e. The largest absolute Gasteiger partial charge is 0.253 e. The lowest BCUT2D eigenvalue weighted by Gasteiger charge is -2.12. The maximum atomic E-state index is 11.9. The molecule has 1 unspecified atom stereocenters. The van der Waals surface area contributed by atoms with Crippen LogP contribution in [0.15, 0.2) is 29.2 Å². The minimum absolute atomic E-state index is 0.0383. The predicted molar refractivity (Wildman–Crippen MR) is 71.7 cm³/mol. The van der Waals surface area contributed by atoms with Crippen LogP contribution in [-0.2, 0) is 19.9 Å². The average Bonchev–Trinajstić information content (AvgIpc) is 2.67. The van der Waals surface area contributed by atoms with Gasteiger partial charge in [0.25, 0.3) is 10.0 Å². The number of nitrogens with one attached hydrogen (secondary N) is 2. The number of rotatable bonds is 4. The lowest BCUT2D eigenvalue weighted by atomic mass is 10.2. The third kappa shape index (κ3) is 3.75. The molecule has 106 valence electrons. The number of sulfonamides is 1. The molecular formula is C11H16N2O4S2. The first-order valence-electron chi connectivity index (χ1n) is 5.83. The fraction of sp³-hybridized carbons (Fsp3) is 0.455. The first-order chi connectivity index (χ1) is 8.78. The predicted octanol–water partition coefficient (Wildman–Crippen LogP) is -0.0350. The molecule has 0 spiro atoms. The summed E-state index contributed by atoms with van der Waals surface area (Å²) in [7, 11) is -6.69. The van der Waals surface area contributed by atoms with Crippen LogP contribution < -0.4 is 10.3 Å². The molecule has 19 heavy (non-hydrogen) atoms. The van der Waals surface area contributed by atoms with Crippen molar-refractivity contribution in [2.45, 2.75) is 24.3 Å². The summed E-state index contributed by atoms with van der Waals surface area (Å²) in [6, 6.07) is 6.05. The average molecular weight is 304 g/mol. The van der Waals surface area contributed by atoms with Crippen LogP contribution in [0.1, 0.15) is 12.0 Å². The quantitative estimate of drug-likeness (QED) is 0.762. The molecule has 8 heteroatoms. The van der Waals surface area contributed by atoms with E-state index in [2.05, 4.69) is 10.3 Å². The molecule has 1 heterocycles. The van der Waals surface area contributed by atoms with E-state index >= 15 is 0 Å². The molecular weight excluding hydrogens is 288 g/mol. The second kappa shape index (κ2) is 5.20. The summed E-state index contributed by atoms with van der Waals surface area (Å²) in [4.78, 5) is 2.38. The summed E-state index contributed by atoms with van der Waals surface area (Å²) < 4.78 is 46.4. The normalized spacial score (nSPS) is 22.5. The van der Waals surface area contributed by atoms with Gasteiger partial charge in [-0.05, 0) is 25.5 Å². The van der Waals surface area contributed by atoms with E-state index in [1.54, 1.807) is 12.1 Å². The summed E-state index contributed by atoms with van der Waals surface area (Å²) >= 11 is 0.